The summed E-state index contributed by atoms with van der Waals surface area (Å²) in [6.07, 6.45) is 2.07. The van der Waals surface area contributed by atoms with Crippen LogP contribution in [0.15, 0.2) is 29.1 Å². The van der Waals surface area contributed by atoms with Crippen molar-refractivity contribution < 1.29 is 0 Å². The summed E-state index contributed by atoms with van der Waals surface area (Å²) < 4.78 is 1.82. The van der Waals surface area contributed by atoms with Gasteiger partial charge in [0.2, 0.25) is 0 Å². The number of para-hydroxylation sites is 2. The van der Waals surface area contributed by atoms with Crippen molar-refractivity contribution in [2.24, 2.45) is 5.73 Å². The number of fused-ring (bicyclic) bond motifs is 1. The number of aromatic amines is 1. The third-order valence-corrected chi connectivity index (χ3v) is 3.85. The molecule has 5 heteroatoms. The molecule has 1 aliphatic rings. The van der Waals surface area contributed by atoms with E-state index < -0.39 is 0 Å². The van der Waals surface area contributed by atoms with Crippen LogP contribution in [0.2, 0.25) is 0 Å². The van der Waals surface area contributed by atoms with Crippen LogP contribution in [0, 0.1) is 0 Å². The van der Waals surface area contributed by atoms with E-state index in [0.717, 1.165) is 50.1 Å². The SMILES string of the molecule is N[C@H]1CCN(CCCn2c(=O)[nH]c3ccccc32)C1. The van der Waals surface area contributed by atoms with Gasteiger partial charge in [-0.2, -0.15) is 0 Å². The second-order valence-corrected chi connectivity index (χ2v) is 5.30. The molecular weight excluding hydrogens is 240 g/mol. The summed E-state index contributed by atoms with van der Waals surface area (Å²) in [6, 6.07) is 8.15. The second kappa shape index (κ2) is 5.19. The number of likely N-dealkylation sites (tertiary alicyclic amines) is 1. The minimum absolute atomic E-state index is 0.0145. The van der Waals surface area contributed by atoms with Crippen LogP contribution in [0.4, 0.5) is 0 Å². The Kier molecular flexibility index (Phi) is 3.40. The number of aromatic nitrogens is 2. The lowest BCUT2D eigenvalue weighted by molar-refractivity contribution is 0.321. The maximum atomic E-state index is 11.9. The van der Waals surface area contributed by atoms with E-state index in [1.54, 1.807) is 0 Å². The van der Waals surface area contributed by atoms with E-state index in [1.165, 1.54) is 0 Å². The van der Waals surface area contributed by atoms with Gasteiger partial charge in [0, 0.05) is 19.1 Å². The van der Waals surface area contributed by atoms with Crippen molar-refractivity contribution in [1.29, 1.82) is 0 Å². The number of benzene rings is 1. The average molecular weight is 260 g/mol. The van der Waals surface area contributed by atoms with E-state index in [9.17, 15) is 4.79 Å². The molecule has 0 amide bonds. The monoisotopic (exact) mass is 260 g/mol. The summed E-state index contributed by atoms with van der Waals surface area (Å²) in [7, 11) is 0. The fourth-order valence-corrected chi connectivity index (χ4v) is 2.85. The molecule has 0 bridgehead atoms. The molecule has 3 N–H and O–H groups in total. The Balaban J connectivity index is 1.65. The van der Waals surface area contributed by atoms with Gasteiger partial charge in [0.05, 0.1) is 11.0 Å². The van der Waals surface area contributed by atoms with E-state index in [4.69, 9.17) is 5.73 Å². The number of nitrogens with one attached hydrogen (secondary N) is 1. The summed E-state index contributed by atoms with van der Waals surface area (Å²) in [6.45, 7) is 3.85. The molecular formula is C14H20N4O. The van der Waals surface area contributed by atoms with Crippen molar-refractivity contribution in [3.8, 4) is 0 Å². The predicted octanol–water partition coefficient (Wildman–Crippen LogP) is 0.753. The highest BCUT2D eigenvalue weighted by molar-refractivity contribution is 5.74. The van der Waals surface area contributed by atoms with E-state index in [-0.39, 0.29) is 5.69 Å². The number of rotatable bonds is 4. The quantitative estimate of drug-likeness (QED) is 0.852. The molecule has 0 spiro atoms. The normalized spacial score (nSPS) is 20.4. The van der Waals surface area contributed by atoms with Crippen LogP contribution in [0.25, 0.3) is 11.0 Å². The number of nitrogens with two attached hydrogens (primary N) is 1. The predicted molar refractivity (Wildman–Crippen MR) is 76.2 cm³/mol. The summed E-state index contributed by atoms with van der Waals surface area (Å²) >= 11 is 0. The summed E-state index contributed by atoms with van der Waals surface area (Å²) in [5, 5.41) is 0. The lowest BCUT2D eigenvalue weighted by Crippen LogP contribution is -2.28. The Morgan fingerprint density at radius 1 is 1.32 bits per heavy atom. The smallest absolute Gasteiger partial charge is 0.326 e. The molecule has 1 saturated heterocycles. The van der Waals surface area contributed by atoms with Gasteiger partial charge < -0.3 is 15.6 Å². The van der Waals surface area contributed by atoms with Gasteiger partial charge in [-0.05, 0) is 38.1 Å². The Labute approximate surface area is 112 Å². The minimum atomic E-state index is -0.0145. The first-order valence-electron chi connectivity index (χ1n) is 6.89. The largest absolute Gasteiger partial charge is 0.326 e. The molecule has 5 nitrogen and oxygen atoms in total. The number of H-pyrrole nitrogens is 1. The van der Waals surface area contributed by atoms with Crippen LogP contribution in [-0.2, 0) is 6.54 Å². The van der Waals surface area contributed by atoms with Crippen molar-refractivity contribution in [3.05, 3.63) is 34.7 Å². The van der Waals surface area contributed by atoms with Crippen LogP contribution < -0.4 is 11.4 Å². The van der Waals surface area contributed by atoms with Crippen LogP contribution in [0.1, 0.15) is 12.8 Å². The van der Waals surface area contributed by atoms with Gasteiger partial charge in [0.15, 0.2) is 0 Å². The van der Waals surface area contributed by atoms with Crippen LogP contribution in [0.3, 0.4) is 0 Å². The summed E-state index contributed by atoms with van der Waals surface area (Å²) in [5.41, 5.74) is 7.78. The molecule has 102 valence electrons. The van der Waals surface area contributed by atoms with Gasteiger partial charge in [-0.25, -0.2) is 4.79 Å². The number of nitrogens with zero attached hydrogens (tertiary/aromatic N) is 2. The lowest BCUT2D eigenvalue weighted by Gasteiger charge is -2.14. The van der Waals surface area contributed by atoms with Crippen molar-refractivity contribution >= 4 is 11.0 Å². The van der Waals surface area contributed by atoms with E-state index >= 15 is 0 Å². The Hall–Kier alpha value is -1.59. The number of hydrogen-bond acceptors (Lipinski definition) is 3. The van der Waals surface area contributed by atoms with Gasteiger partial charge in [0.25, 0.3) is 0 Å². The van der Waals surface area contributed by atoms with Crippen LogP contribution in [-0.4, -0.2) is 40.1 Å². The molecule has 0 unspecified atom stereocenters. The van der Waals surface area contributed by atoms with Gasteiger partial charge in [-0.3, -0.25) is 4.57 Å². The molecule has 1 atom stereocenters. The first-order valence-corrected chi connectivity index (χ1v) is 6.89. The lowest BCUT2D eigenvalue weighted by atomic mass is 10.3. The van der Waals surface area contributed by atoms with Gasteiger partial charge in [-0.1, -0.05) is 12.1 Å². The molecule has 1 aliphatic heterocycles. The Bertz CT molecular complexity index is 615. The van der Waals surface area contributed by atoms with Crippen molar-refractivity contribution in [2.45, 2.75) is 25.4 Å². The first-order chi connectivity index (χ1) is 9.24. The van der Waals surface area contributed by atoms with E-state index in [1.807, 2.05) is 28.8 Å². The fourth-order valence-electron chi connectivity index (χ4n) is 2.85. The second-order valence-electron chi connectivity index (χ2n) is 5.30. The summed E-state index contributed by atoms with van der Waals surface area (Å²) in [5.74, 6) is 0. The molecule has 0 saturated carbocycles. The zero-order valence-corrected chi connectivity index (χ0v) is 11.0. The maximum Gasteiger partial charge on any atom is 0.326 e. The average Bonchev–Trinajstić information content (AvgIpc) is 2.94. The molecule has 1 fully saturated rings. The fraction of sp³-hybridized carbons (Fsp3) is 0.500. The Morgan fingerprint density at radius 3 is 2.95 bits per heavy atom. The van der Waals surface area contributed by atoms with Crippen LogP contribution >= 0.6 is 0 Å². The van der Waals surface area contributed by atoms with Crippen molar-refractivity contribution in [3.63, 3.8) is 0 Å². The molecule has 3 rings (SSSR count). The van der Waals surface area contributed by atoms with Crippen molar-refractivity contribution in [2.75, 3.05) is 19.6 Å². The topological polar surface area (TPSA) is 67.0 Å². The molecule has 2 aromatic rings. The number of imidazole rings is 1. The molecule has 1 aromatic carbocycles. The highest BCUT2D eigenvalue weighted by atomic mass is 16.1. The van der Waals surface area contributed by atoms with Crippen LogP contribution in [0.5, 0.6) is 0 Å². The molecule has 19 heavy (non-hydrogen) atoms. The highest BCUT2D eigenvalue weighted by Crippen LogP contribution is 2.11. The maximum absolute atomic E-state index is 11.9. The first kappa shape index (κ1) is 12.4. The van der Waals surface area contributed by atoms with Gasteiger partial charge >= 0.3 is 5.69 Å². The molecule has 2 heterocycles. The number of aryl methyl sites for hydroxylation is 1. The number of hydrogen-bond donors (Lipinski definition) is 2. The van der Waals surface area contributed by atoms with Gasteiger partial charge in [-0.15, -0.1) is 0 Å². The van der Waals surface area contributed by atoms with Crippen molar-refractivity contribution in [1.82, 2.24) is 14.5 Å². The van der Waals surface area contributed by atoms with Gasteiger partial charge in [0.1, 0.15) is 0 Å². The zero-order valence-electron chi connectivity index (χ0n) is 11.0. The third-order valence-electron chi connectivity index (χ3n) is 3.85. The third kappa shape index (κ3) is 2.57. The van der Waals surface area contributed by atoms with E-state index in [0.29, 0.717) is 6.04 Å². The standard InChI is InChI=1S/C14H20N4O/c15-11-6-9-17(10-11)7-3-8-18-13-5-2-1-4-12(13)16-14(18)19/h1-2,4-5,11H,3,6-10,15H2,(H,16,19)/t11-/m0/s1. The molecule has 0 aliphatic carbocycles. The molecule has 1 aromatic heterocycles. The highest BCUT2D eigenvalue weighted by Gasteiger charge is 2.18. The minimum Gasteiger partial charge on any atom is -0.326 e. The Morgan fingerprint density at radius 2 is 2.16 bits per heavy atom. The molecule has 0 radical (unpaired) electrons. The zero-order chi connectivity index (χ0) is 13.2. The summed E-state index contributed by atoms with van der Waals surface area (Å²) in [4.78, 5) is 17.2. The van der Waals surface area contributed by atoms with E-state index in [2.05, 4.69) is 9.88 Å².